The molecule has 0 bridgehead atoms. The topological polar surface area (TPSA) is 24.9 Å². The first kappa shape index (κ1) is 13.3. The Morgan fingerprint density at radius 1 is 1.42 bits per heavy atom. The fourth-order valence-electron chi connectivity index (χ4n) is 2.61. The van der Waals surface area contributed by atoms with Gasteiger partial charge in [0.25, 0.3) is 0 Å². The zero-order valence-electron chi connectivity index (χ0n) is 10.9. The summed E-state index contributed by atoms with van der Waals surface area (Å²) in [5.74, 6) is 0. The number of aromatic nitrogens is 1. The van der Waals surface area contributed by atoms with Crippen molar-refractivity contribution in [2.75, 3.05) is 6.54 Å². The van der Waals surface area contributed by atoms with E-state index in [-0.39, 0.29) is 0 Å². The van der Waals surface area contributed by atoms with E-state index in [0.717, 1.165) is 22.4 Å². The highest BCUT2D eigenvalue weighted by molar-refractivity contribution is 9.10. The maximum Gasteiger partial charge on any atom is 0.125 e. The lowest BCUT2D eigenvalue weighted by Gasteiger charge is -2.21. The minimum Gasteiger partial charge on any atom is -0.309 e. The van der Waals surface area contributed by atoms with Gasteiger partial charge in [0, 0.05) is 21.0 Å². The molecule has 2 nitrogen and oxygen atoms in total. The van der Waals surface area contributed by atoms with E-state index in [4.69, 9.17) is 4.98 Å². The predicted molar refractivity (Wildman–Crippen MR) is 84.6 cm³/mol. The molecule has 0 spiro atoms. The van der Waals surface area contributed by atoms with Crippen molar-refractivity contribution in [2.45, 2.75) is 32.2 Å². The average molecular weight is 337 g/mol. The van der Waals surface area contributed by atoms with Gasteiger partial charge >= 0.3 is 0 Å². The van der Waals surface area contributed by atoms with Gasteiger partial charge in [0.1, 0.15) is 5.01 Å². The molecule has 1 unspecified atom stereocenters. The van der Waals surface area contributed by atoms with Crippen LogP contribution in [-0.4, -0.2) is 11.5 Å². The van der Waals surface area contributed by atoms with E-state index in [2.05, 4.69) is 46.4 Å². The van der Waals surface area contributed by atoms with E-state index in [1.54, 1.807) is 0 Å². The third-order valence-corrected chi connectivity index (χ3v) is 5.44. The SMILES string of the molecule is CCNC1CCCc2nc(-c3ccccc3Br)sc21. The van der Waals surface area contributed by atoms with E-state index in [1.165, 1.54) is 29.0 Å². The number of aryl methyl sites for hydroxylation is 1. The molecular formula is C15H17BrN2S. The molecular weight excluding hydrogens is 320 g/mol. The molecule has 1 aliphatic carbocycles. The van der Waals surface area contributed by atoms with Crippen molar-refractivity contribution >= 4 is 27.3 Å². The normalized spacial score (nSPS) is 18.3. The van der Waals surface area contributed by atoms with Crippen LogP contribution in [0.15, 0.2) is 28.7 Å². The minimum atomic E-state index is 0.502. The predicted octanol–water partition coefficient (Wildman–Crippen LogP) is 4.56. The number of rotatable bonds is 3. The molecule has 0 saturated heterocycles. The van der Waals surface area contributed by atoms with E-state index in [0.29, 0.717) is 6.04 Å². The summed E-state index contributed by atoms with van der Waals surface area (Å²) >= 11 is 5.47. The Kier molecular flexibility index (Phi) is 4.01. The van der Waals surface area contributed by atoms with Crippen molar-refractivity contribution in [1.82, 2.24) is 10.3 Å². The molecule has 0 radical (unpaired) electrons. The molecule has 3 rings (SSSR count). The lowest BCUT2D eigenvalue weighted by Crippen LogP contribution is -2.23. The van der Waals surface area contributed by atoms with E-state index >= 15 is 0 Å². The molecule has 4 heteroatoms. The third-order valence-electron chi connectivity index (χ3n) is 3.51. The standard InChI is InChI=1S/C15H17BrN2S/c1-2-17-12-8-5-9-13-14(12)19-15(18-13)10-6-3-4-7-11(10)16/h3-4,6-7,12,17H,2,5,8-9H2,1H3. The van der Waals surface area contributed by atoms with Crippen LogP contribution in [0, 0.1) is 0 Å². The van der Waals surface area contributed by atoms with Gasteiger partial charge in [-0.1, -0.05) is 41.1 Å². The van der Waals surface area contributed by atoms with Crippen molar-refractivity contribution in [2.24, 2.45) is 0 Å². The zero-order valence-corrected chi connectivity index (χ0v) is 13.4. The van der Waals surface area contributed by atoms with Gasteiger partial charge in [0.2, 0.25) is 0 Å². The Morgan fingerprint density at radius 2 is 2.26 bits per heavy atom. The smallest absolute Gasteiger partial charge is 0.125 e. The molecule has 1 heterocycles. The zero-order chi connectivity index (χ0) is 13.2. The number of nitrogens with one attached hydrogen (secondary N) is 1. The van der Waals surface area contributed by atoms with Gasteiger partial charge in [0.15, 0.2) is 0 Å². The summed E-state index contributed by atoms with van der Waals surface area (Å²) in [6, 6.07) is 8.83. The summed E-state index contributed by atoms with van der Waals surface area (Å²) in [6.07, 6.45) is 3.60. The van der Waals surface area contributed by atoms with Gasteiger partial charge in [-0.25, -0.2) is 4.98 Å². The Hall–Kier alpha value is -0.710. The lowest BCUT2D eigenvalue weighted by atomic mass is 9.98. The van der Waals surface area contributed by atoms with Crippen LogP contribution in [0.3, 0.4) is 0 Å². The second kappa shape index (κ2) is 5.73. The number of nitrogens with zero attached hydrogens (tertiary/aromatic N) is 1. The number of hydrogen-bond donors (Lipinski definition) is 1. The van der Waals surface area contributed by atoms with Crippen molar-refractivity contribution in [1.29, 1.82) is 0 Å². The Bertz CT molecular complexity index is 579. The van der Waals surface area contributed by atoms with E-state index in [1.807, 2.05) is 17.4 Å². The quantitative estimate of drug-likeness (QED) is 0.888. The average Bonchev–Trinajstić information content (AvgIpc) is 2.84. The van der Waals surface area contributed by atoms with Crippen molar-refractivity contribution in [3.8, 4) is 10.6 Å². The van der Waals surface area contributed by atoms with Crippen LogP contribution in [-0.2, 0) is 6.42 Å². The molecule has 0 amide bonds. The highest BCUT2D eigenvalue weighted by atomic mass is 79.9. The van der Waals surface area contributed by atoms with E-state index in [9.17, 15) is 0 Å². The van der Waals surface area contributed by atoms with E-state index < -0.39 is 0 Å². The van der Waals surface area contributed by atoms with Gasteiger partial charge in [-0.05, 0) is 31.9 Å². The first-order valence-corrected chi connectivity index (χ1v) is 8.38. The van der Waals surface area contributed by atoms with Gasteiger partial charge in [-0.2, -0.15) is 0 Å². The Morgan fingerprint density at radius 3 is 3.05 bits per heavy atom. The molecule has 1 N–H and O–H groups in total. The first-order chi connectivity index (χ1) is 9.29. The van der Waals surface area contributed by atoms with Crippen LogP contribution < -0.4 is 5.32 Å². The molecule has 2 aromatic rings. The largest absolute Gasteiger partial charge is 0.309 e. The van der Waals surface area contributed by atoms with Gasteiger partial charge in [0.05, 0.1) is 5.69 Å². The van der Waals surface area contributed by atoms with Gasteiger partial charge in [-0.15, -0.1) is 11.3 Å². The number of thiazole rings is 1. The second-order valence-corrected chi connectivity index (χ2v) is 6.70. The van der Waals surface area contributed by atoms with Gasteiger partial charge < -0.3 is 5.32 Å². The summed E-state index contributed by atoms with van der Waals surface area (Å²) in [5.41, 5.74) is 2.50. The molecule has 0 aliphatic heterocycles. The maximum absolute atomic E-state index is 4.86. The molecule has 1 aliphatic rings. The molecule has 19 heavy (non-hydrogen) atoms. The van der Waals surface area contributed by atoms with Crippen LogP contribution in [0.25, 0.3) is 10.6 Å². The third kappa shape index (κ3) is 2.62. The van der Waals surface area contributed by atoms with Crippen LogP contribution in [0.4, 0.5) is 0 Å². The molecule has 0 fully saturated rings. The maximum atomic E-state index is 4.86. The van der Waals surface area contributed by atoms with Crippen LogP contribution in [0.2, 0.25) is 0 Å². The number of fused-ring (bicyclic) bond motifs is 1. The van der Waals surface area contributed by atoms with Gasteiger partial charge in [-0.3, -0.25) is 0 Å². The fourth-order valence-corrected chi connectivity index (χ4v) is 4.48. The molecule has 100 valence electrons. The van der Waals surface area contributed by atoms with Crippen LogP contribution >= 0.6 is 27.3 Å². The molecule has 1 aromatic heterocycles. The lowest BCUT2D eigenvalue weighted by molar-refractivity contribution is 0.476. The Balaban J connectivity index is 2.00. The summed E-state index contributed by atoms with van der Waals surface area (Å²) in [5, 5.41) is 4.72. The molecule has 1 atom stereocenters. The number of halogens is 1. The second-order valence-electron chi connectivity index (χ2n) is 4.81. The summed E-state index contributed by atoms with van der Waals surface area (Å²) in [7, 11) is 0. The summed E-state index contributed by atoms with van der Waals surface area (Å²) < 4.78 is 1.13. The summed E-state index contributed by atoms with van der Waals surface area (Å²) in [4.78, 5) is 6.31. The number of hydrogen-bond acceptors (Lipinski definition) is 3. The van der Waals surface area contributed by atoms with Crippen molar-refractivity contribution < 1.29 is 0 Å². The minimum absolute atomic E-state index is 0.502. The fraction of sp³-hybridized carbons (Fsp3) is 0.400. The first-order valence-electron chi connectivity index (χ1n) is 6.77. The monoisotopic (exact) mass is 336 g/mol. The highest BCUT2D eigenvalue weighted by Gasteiger charge is 2.24. The summed E-state index contributed by atoms with van der Waals surface area (Å²) in [6.45, 7) is 3.19. The van der Waals surface area contributed by atoms with Crippen molar-refractivity contribution in [3.05, 3.63) is 39.3 Å². The highest BCUT2D eigenvalue weighted by Crippen LogP contribution is 2.39. The van der Waals surface area contributed by atoms with Crippen LogP contribution in [0.1, 0.15) is 36.4 Å². The molecule has 1 aromatic carbocycles. The van der Waals surface area contributed by atoms with Crippen LogP contribution in [0.5, 0.6) is 0 Å². The number of benzene rings is 1. The van der Waals surface area contributed by atoms with Crippen molar-refractivity contribution in [3.63, 3.8) is 0 Å². The Labute approximate surface area is 126 Å². The molecule has 0 saturated carbocycles.